The Labute approximate surface area is 146 Å². The minimum Gasteiger partial charge on any atom is -0.493 e. The van der Waals surface area contributed by atoms with Crippen LogP contribution in [0, 0.1) is 0 Å². The first-order chi connectivity index (χ1) is 11.5. The molecule has 0 aliphatic rings. The van der Waals surface area contributed by atoms with Crippen molar-refractivity contribution in [3.05, 3.63) is 64.7 Å². The zero-order valence-electron chi connectivity index (χ0n) is 13.6. The lowest BCUT2D eigenvalue weighted by Gasteiger charge is -2.09. The fourth-order valence-corrected chi connectivity index (χ4v) is 2.17. The van der Waals surface area contributed by atoms with Crippen LogP contribution in [0.5, 0.6) is 5.75 Å². The Morgan fingerprint density at radius 3 is 2.04 bits per heavy atom. The summed E-state index contributed by atoms with van der Waals surface area (Å²) >= 11 is 5.82. The van der Waals surface area contributed by atoms with Crippen molar-refractivity contribution in [1.82, 2.24) is 0 Å². The van der Waals surface area contributed by atoms with Gasteiger partial charge in [0.25, 0.3) is 0 Å². The van der Waals surface area contributed by atoms with Gasteiger partial charge in [-0.2, -0.15) is 0 Å². The first kappa shape index (κ1) is 18.0. The van der Waals surface area contributed by atoms with Crippen molar-refractivity contribution in [1.29, 1.82) is 0 Å². The van der Waals surface area contributed by atoms with E-state index in [4.69, 9.17) is 21.1 Å². The average molecular weight is 347 g/mol. The number of carbonyl (C=O) groups is 2. The number of ketones is 1. The van der Waals surface area contributed by atoms with E-state index in [1.807, 2.05) is 0 Å². The molecule has 0 fully saturated rings. The zero-order valence-corrected chi connectivity index (χ0v) is 14.4. The van der Waals surface area contributed by atoms with Crippen LogP contribution in [0.15, 0.2) is 48.5 Å². The molecule has 0 unspecified atom stereocenters. The summed E-state index contributed by atoms with van der Waals surface area (Å²) in [6.45, 7) is 3.83. The highest BCUT2D eigenvalue weighted by atomic mass is 35.5. The molecule has 0 spiro atoms. The van der Waals surface area contributed by atoms with Crippen LogP contribution < -0.4 is 4.74 Å². The number of hydrogen-bond donors (Lipinski definition) is 0. The van der Waals surface area contributed by atoms with Gasteiger partial charge in [-0.15, -0.1) is 0 Å². The van der Waals surface area contributed by atoms with Crippen molar-refractivity contribution in [3.63, 3.8) is 0 Å². The highest BCUT2D eigenvalue weighted by molar-refractivity contribution is 6.30. The van der Waals surface area contributed by atoms with E-state index >= 15 is 0 Å². The van der Waals surface area contributed by atoms with Crippen molar-refractivity contribution < 1.29 is 19.1 Å². The van der Waals surface area contributed by atoms with Gasteiger partial charge in [0.1, 0.15) is 5.75 Å². The molecule has 0 saturated carbocycles. The van der Waals surface area contributed by atoms with Gasteiger partial charge in [0.05, 0.1) is 19.1 Å². The van der Waals surface area contributed by atoms with Gasteiger partial charge < -0.3 is 9.47 Å². The molecule has 2 rings (SSSR count). The maximum Gasteiger partial charge on any atom is 0.309 e. The molecular weight excluding hydrogens is 328 g/mol. The number of halogens is 1. The van der Waals surface area contributed by atoms with E-state index in [-0.39, 0.29) is 30.9 Å². The second-order valence-corrected chi connectivity index (χ2v) is 5.93. The fraction of sp³-hybridized carbons (Fsp3) is 0.263. The zero-order chi connectivity index (χ0) is 17.5. The number of ether oxygens (including phenoxy) is 2. The van der Waals surface area contributed by atoms with E-state index in [9.17, 15) is 9.59 Å². The molecule has 0 N–H and O–H groups in total. The van der Waals surface area contributed by atoms with Gasteiger partial charge in [-0.05, 0) is 62.4 Å². The second kappa shape index (κ2) is 8.50. The van der Waals surface area contributed by atoms with Crippen molar-refractivity contribution in [3.8, 4) is 5.75 Å². The summed E-state index contributed by atoms with van der Waals surface area (Å²) in [4.78, 5) is 23.7. The molecule has 0 radical (unpaired) electrons. The Bertz CT molecular complexity index is 690. The Morgan fingerprint density at radius 1 is 0.958 bits per heavy atom. The lowest BCUT2D eigenvalue weighted by Crippen LogP contribution is -2.14. The van der Waals surface area contributed by atoms with E-state index in [1.54, 1.807) is 62.4 Å². The van der Waals surface area contributed by atoms with E-state index in [0.29, 0.717) is 21.9 Å². The van der Waals surface area contributed by atoms with Gasteiger partial charge in [0.2, 0.25) is 0 Å². The summed E-state index contributed by atoms with van der Waals surface area (Å²) < 4.78 is 10.5. The highest BCUT2D eigenvalue weighted by Crippen LogP contribution is 2.17. The summed E-state index contributed by atoms with van der Waals surface area (Å²) in [6.07, 6.45) is 0.0551. The predicted octanol–water partition coefficient (Wildman–Crippen LogP) is 4.29. The first-order valence-corrected chi connectivity index (χ1v) is 8.06. The van der Waals surface area contributed by atoms with E-state index in [0.717, 1.165) is 0 Å². The van der Waals surface area contributed by atoms with Gasteiger partial charge >= 0.3 is 5.97 Å². The maximum atomic E-state index is 12.3. The van der Waals surface area contributed by atoms with Crippen LogP contribution in [-0.4, -0.2) is 24.5 Å². The van der Waals surface area contributed by atoms with Crippen LogP contribution in [0.3, 0.4) is 0 Å². The second-order valence-electron chi connectivity index (χ2n) is 5.50. The molecule has 0 aromatic heterocycles. The van der Waals surface area contributed by atoms with Gasteiger partial charge in [0.15, 0.2) is 5.78 Å². The summed E-state index contributed by atoms with van der Waals surface area (Å²) in [7, 11) is 0. The largest absolute Gasteiger partial charge is 0.493 e. The molecule has 0 atom stereocenters. The van der Waals surface area contributed by atoms with Crippen LogP contribution in [0.2, 0.25) is 5.02 Å². The molecule has 0 aliphatic carbocycles. The van der Waals surface area contributed by atoms with Crippen LogP contribution in [0.1, 0.15) is 36.2 Å². The first-order valence-electron chi connectivity index (χ1n) is 7.68. The van der Waals surface area contributed by atoms with Crippen LogP contribution in [-0.2, 0) is 9.53 Å². The summed E-state index contributed by atoms with van der Waals surface area (Å²) in [5.74, 6) is 0.221. The van der Waals surface area contributed by atoms with Crippen molar-refractivity contribution in [2.75, 3.05) is 6.61 Å². The minimum atomic E-state index is -0.292. The van der Waals surface area contributed by atoms with Crippen molar-refractivity contribution in [2.24, 2.45) is 0 Å². The van der Waals surface area contributed by atoms with Gasteiger partial charge in [-0.3, -0.25) is 9.59 Å². The van der Waals surface area contributed by atoms with Gasteiger partial charge in [-0.1, -0.05) is 11.6 Å². The molecule has 126 valence electrons. The normalized spacial score (nSPS) is 10.5. The molecular formula is C19H19ClO4. The Hall–Kier alpha value is -2.33. The number of esters is 1. The quantitative estimate of drug-likeness (QED) is 0.554. The molecule has 0 aliphatic heterocycles. The molecule has 0 amide bonds. The number of hydrogen-bond acceptors (Lipinski definition) is 4. The Morgan fingerprint density at radius 2 is 1.50 bits per heavy atom. The van der Waals surface area contributed by atoms with Gasteiger partial charge in [0, 0.05) is 16.1 Å². The molecule has 0 bridgehead atoms. The fourth-order valence-electron chi connectivity index (χ4n) is 2.04. The highest BCUT2D eigenvalue weighted by Gasteiger charge is 2.09. The molecule has 24 heavy (non-hydrogen) atoms. The molecule has 4 nitrogen and oxygen atoms in total. The summed E-state index contributed by atoms with van der Waals surface area (Å²) in [5, 5.41) is 0.589. The van der Waals surface area contributed by atoms with Gasteiger partial charge in [-0.25, -0.2) is 0 Å². The number of benzene rings is 2. The Balaban J connectivity index is 1.89. The number of rotatable bonds is 7. The summed E-state index contributed by atoms with van der Waals surface area (Å²) in [6, 6.07) is 13.5. The van der Waals surface area contributed by atoms with Crippen molar-refractivity contribution >= 4 is 23.4 Å². The minimum absolute atomic E-state index is 0.0845. The predicted molar refractivity (Wildman–Crippen MR) is 92.7 cm³/mol. The molecule has 2 aromatic carbocycles. The topological polar surface area (TPSA) is 52.6 Å². The SMILES string of the molecule is CC(C)OC(=O)CCOc1ccc(C(=O)c2ccc(Cl)cc2)cc1. The standard InChI is InChI=1S/C19H19ClO4/c1-13(2)24-18(21)11-12-23-17-9-5-15(6-10-17)19(22)14-3-7-16(20)8-4-14/h3-10,13H,11-12H2,1-2H3. The molecule has 2 aromatic rings. The van der Waals surface area contributed by atoms with Crippen LogP contribution >= 0.6 is 11.6 Å². The van der Waals surface area contributed by atoms with Crippen LogP contribution in [0.25, 0.3) is 0 Å². The average Bonchev–Trinajstić information content (AvgIpc) is 2.55. The molecule has 0 saturated heterocycles. The lowest BCUT2D eigenvalue weighted by atomic mass is 10.0. The van der Waals surface area contributed by atoms with E-state index in [1.165, 1.54) is 0 Å². The summed E-state index contributed by atoms with van der Waals surface area (Å²) in [5.41, 5.74) is 1.13. The third kappa shape index (κ3) is 5.39. The maximum absolute atomic E-state index is 12.3. The molecule has 5 heteroatoms. The van der Waals surface area contributed by atoms with Crippen LogP contribution in [0.4, 0.5) is 0 Å². The lowest BCUT2D eigenvalue weighted by molar-refractivity contribution is -0.147. The third-order valence-corrected chi connectivity index (χ3v) is 3.42. The van der Waals surface area contributed by atoms with E-state index < -0.39 is 0 Å². The third-order valence-electron chi connectivity index (χ3n) is 3.16. The number of carbonyl (C=O) groups excluding carboxylic acids is 2. The Kier molecular flexibility index (Phi) is 6.38. The smallest absolute Gasteiger partial charge is 0.309 e. The van der Waals surface area contributed by atoms with Crippen molar-refractivity contribution in [2.45, 2.75) is 26.4 Å². The molecule has 0 heterocycles. The monoisotopic (exact) mass is 346 g/mol. The van der Waals surface area contributed by atoms with E-state index in [2.05, 4.69) is 0 Å².